The summed E-state index contributed by atoms with van der Waals surface area (Å²) in [5.74, 6) is -5.38. The van der Waals surface area contributed by atoms with Crippen LogP contribution in [0.4, 0.5) is 8.78 Å². The highest BCUT2D eigenvalue weighted by Crippen LogP contribution is 2.25. The van der Waals surface area contributed by atoms with Crippen molar-refractivity contribution in [3.63, 3.8) is 0 Å². The van der Waals surface area contributed by atoms with Crippen molar-refractivity contribution in [2.45, 2.75) is 20.3 Å². The van der Waals surface area contributed by atoms with Crippen molar-refractivity contribution in [3.05, 3.63) is 46.5 Å². The number of ether oxygens (including phenoxy) is 2. The van der Waals surface area contributed by atoms with Crippen molar-refractivity contribution < 1.29 is 37.7 Å². The zero-order valence-electron chi connectivity index (χ0n) is 14.3. The molecule has 0 amide bonds. The first-order valence-corrected chi connectivity index (χ1v) is 7.72. The molecule has 0 aliphatic heterocycles. The van der Waals surface area contributed by atoms with Crippen LogP contribution in [0.1, 0.15) is 30.5 Å². The van der Waals surface area contributed by atoms with Crippen molar-refractivity contribution in [2.75, 3.05) is 13.2 Å². The summed E-state index contributed by atoms with van der Waals surface area (Å²) in [5, 5.41) is 9.05. The molecule has 0 aliphatic rings. The predicted octanol–water partition coefficient (Wildman–Crippen LogP) is 2.74. The first-order chi connectivity index (χ1) is 12.3. The molecule has 0 aliphatic carbocycles. The third-order valence-electron chi connectivity index (χ3n) is 3.09. The summed E-state index contributed by atoms with van der Waals surface area (Å²) >= 11 is 0. The second kappa shape index (κ2) is 10.1. The number of carbonyl (C=O) groups excluding carboxylic acids is 2. The largest absolute Gasteiger partial charge is 0.481 e. The van der Waals surface area contributed by atoms with E-state index in [9.17, 15) is 23.2 Å². The molecule has 0 spiro atoms. The number of carbonyl (C=O) groups is 3. The van der Waals surface area contributed by atoms with Crippen molar-refractivity contribution >= 4 is 30.1 Å². The summed E-state index contributed by atoms with van der Waals surface area (Å²) in [6.07, 6.45) is 3.25. The zero-order valence-corrected chi connectivity index (χ0v) is 14.3. The third-order valence-corrected chi connectivity index (χ3v) is 3.09. The van der Waals surface area contributed by atoms with Crippen LogP contribution < -0.4 is 0 Å². The van der Waals surface area contributed by atoms with E-state index in [-0.39, 0.29) is 24.3 Å². The van der Waals surface area contributed by atoms with Gasteiger partial charge < -0.3 is 14.6 Å². The Morgan fingerprint density at radius 1 is 1.04 bits per heavy atom. The lowest BCUT2D eigenvalue weighted by atomic mass is 9.96. The van der Waals surface area contributed by atoms with Crippen LogP contribution in [-0.4, -0.2) is 36.2 Å². The molecule has 0 unspecified atom stereocenters. The maximum Gasteiger partial charge on any atom is 0.330 e. The van der Waals surface area contributed by atoms with E-state index in [0.29, 0.717) is 0 Å². The maximum absolute atomic E-state index is 14.2. The molecule has 0 saturated carbocycles. The van der Waals surface area contributed by atoms with Crippen LogP contribution >= 0.6 is 0 Å². The number of benzene rings is 1. The normalized spacial score (nSPS) is 11.1. The Balaban J connectivity index is 3.43. The monoisotopic (exact) mass is 368 g/mol. The molecule has 1 rings (SSSR count). The quantitative estimate of drug-likeness (QED) is 0.561. The summed E-state index contributed by atoms with van der Waals surface area (Å²) in [4.78, 5) is 33.9. The Labute approximate surface area is 148 Å². The van der Waals surface area contributed by atoms with E-state index in [0.717, 1.165) is 30.4 Å². The SMILES string of the molecule is CCOC(=O)/C=C/c1cc(F)c(F)c(/C=C/C(=O)OCC)c1CC(=O)O. The van der Waals surface area contributed by atoms with Crippen LogP contribution in [0, 0.1) is 11.6 Å². The number of rotatable bonds is 8. The topological polar surface area (TPSA) is 89.9 Å². The first kappa shape index (κ1) is 21.0. The van der Waals surface area contributed by atoms with Crippen molar-refractivity contribution in [1.29, 1.82) is 0 Å². The minimum Gasteiger partial charge on any atom is -0.481 e. The summed E-state index contributed by atoms with van der Waals surface area (Å²) in [6.45, 7) is 3.38. The van der Waals surface area contributed by atoms with Gasteiger partial charge in [-0.25, -0.2) is 18.4 Å². The molecule has 1 aromatic carbocycles. The fraction of sp³-hybridized carbons (Fsp3) is 0.278. The molecule has 140 valence electrons. The van der Waals surface area contributed by atoms with Crippen molar-refractivity contribution in [3.8, 4) is 0 Å². The zero-order chi connectivity index (χ0) is 19.7. The predicted molar refractivity (Wildman–Crippen MR) is 89.0 cm³/mol. The van der Waals surface area contributed by atoms with E-state index < -0.39 is 41.5 Å². The standard InChI is InChI=1S/C18H18F2O6/c1-3-25-16(23)7-5-11-9-14(19)18(20)12(13(11)10-15(21)22)6-8-17(24)26-4-2/h5-9H,3-4,10H2,1-2H3,(H,21,22)/b7-5+,8-6+. The smallest absolute Gasteiger partial charge is 0.330 e. The van der Waals surface area contributed by atoms with Crippen LogP contribution in [-0.2, 0) is 30.3 Å². The van der Waals surface area contributed by atoms with Gasteiger partial charge in [0.25, 0.3) is 0 Å². The fourth-order valence-corrected chi connectivity index (χ4v) is 2.06. The summed E-state index contributed by atoms with van der Waals surface area (Å²) in [5.41, 5.74) is -0.538. The van der Waals surface area contributed by atoms with Crippen molar-refractivity contribution in [1.82, 2.24) is 0 Å². The fourth-order valence-electron chi connectivity index (χ4n) is 2.06. The average Bonchev–Trinajstić information content (AvgIpc) is 2.56. The molecule has 0 fully saturated rings. The number of hydrogen-bond donors (Lipinski definition) is 1. The van der Waals surface area contributed by atoms with Gasteiger partial charge in [-0.1, -0.05) is 0 Å². The van der Waals surface area contributed by atoms with Crippen LogP contribution in [0.2, 0.25) is 0 Å². The molecule has 6 nitrogen and oxygen atoms in total. The lowest BCUT2D eigenvalue weighted by molar-refractivity contribution is -0.138. The Morgan fingerprint density at radius 3 is 2.08 bits per heavy atom. The van der Waals surface area contributed by atoms with Crippen LogP contribution in [0.25, 0.3) is 12.2 Å². The van der Waals surface area contributed by atoms with Gasteiger partial charge in [-0.3, -0.25) is 4.79 Å². The van der Waals surface area contributed by atoms with Crippen LogP contribution in [0.15, 0.2) is 18.2 Å². The molecule has 0 aromatic heterocycles. The van der Waals surface area contributed by atoms with Gasteiger partial charge in [-0.05, 0) is 43.2 Å². The minimum atomic E-state index is -1.31. The number of hydrogen-bond acceptors (Lipinski definition) is 5. The van der Waals surface area contributed by atoms with Gasteiger partial charge in [0, 0.05) is 17.7 Å². The molecule has 0 saturated heterocycles. The van der Waals surface area contributed by atoms with Gasteiger partial charge >= 0.3 is 17.9 Å². The molecular formula is C18H18F2O6. The molecule has 0 radical (unpaired) electrons. The summed E-state index contributed by atoms with van der Waals surface area (Å²) in [7, 11) is 0. The van der Waals surface area contributed by atoms with Crippen LogP contribution in [0.3, 0.4) is 0 Å². The molecule has 8 heteroatoms. The Kier molecular flexibility index (Phi) is 8.14. The minimum absolute atomic E-state index is 0.0251. The van der Waals surface area contributed by atoms with Gasteiger partial charge in [0.1, 0.15) is 0 Å². The highest BCUT2D eigenvalue weighted by molar-refractivity contribution is 5.90. The molecule has 1 aromatic rings. The maximum atomic E-state index is 14.2. The lowest BCUT2D eigenvalue weighted by Crippen LogP contribution is -2.08. The molecule has 0 atom stereocenters. The van der Waals surface area contributed by atoms with E-state index >= 15 is 0 Å². The lowest BCUT2D eigenvalue weighted by Gasteiger charge is -2.11. The van der Waals surface area contributed by atoms with E-state index in [2.05, 4.69) is 9.47 Å². The third kappa shape index (κ3) is 6.12. The van der Waals surface area contributed by atoms with E-state index in [1.807, 2.05) is 0 Å². The molecule has 0 bridgehead atoms. The van der Waals surface area contributed by atoms with Gasteiger partial charge in [0.05, 0.1) is 19.6 Å². The number of carboxylic acid groups (broad SMARTS) is 1. The number of halogens is 2. The molecule has 0 heterocycles. The van der Waals surface area contributed by atoms with Crippen molar-refractivity contribution in [2.24, 2.45) is 0 Å². The average molecular weight is 368 g/mol. The number of esters is 2. The second-order valence-corrected chi connectivity index (χ2v) is 4.90. The molecule has 1 N–H and O–H groups in total. The van der Waals surface area contributed by atoms with Gasteiger partial charge in [0.2, 0.25) is 0 Å². The van der Waals surface area contributed by atoms with Crippen LogP contribution in [0.5, 0.6) is 0 Å². The van der Waals surface area contributed by atoms with Gasteiger partial charge in [0.15, 0.2) is 11.6 Å². The molecular weight excluding hydrogens is 350 g/mol. The Hall–Kier alpha value is -3.03. The van der Waals surface area contributed by atoms with E-state index in [4.69, 9.17) is 5.11 Å². The van der Waals surface area contributed by atoms with Gasteiger partial charge in [-0.2, -0.15) is 0 Å². The summed E-state index contributed by atoms with van der Waals surface area (Å²) in [6, 6.07) is 0.769. The summed E-state index contributed by atoms with van der Waals surface area (Å²) < 4.78 is 37.4. The second-order valence-electron chi connectivity index (χ2n) is 4.90. The highest BCUT2D eigenvalue weighted by Gasteiger charge is 2.18. The van der Waals surface area contributed by atoms with E-state index in [1.165, 1.54) is 0 Å². The highest BCUT2D eigenvalue weighted by atomic mass is 19.2. The Morgan fingerprint density at radius 2 is 1.58 bits per heavy atom. The first-order valence-electron chi connectivity index (χ1n) is 7.72. The van der Waals surface area contributed by atoms with Gasteiger partial charge in [-0.15, -0.1) is 0 Å². The van der Waals surface area contributed by atoms with E-state index in [1.54, 1.807) is 13.8 Å². The molecule has 26 heavy (non-hydrogen) atoms. The number of carboxylic acids is 1. The number of aliphatic carboxylic acids is 1. The Bertz CT molecular complexity index is 753.